The predicted octanol–water partition coefficient (Wildman–Crippen LogP) is 3.78. The van der Waals surface area contributed by atoms with Crippen LogP contribution in [-0.4, -0.2) is 20.9 Å². The highest BCUT2D eigenvalue weighted by molar-refractivity contribution is 6.30. The summed E-state index contributed by atoms with van der Waals surface area (Å²) in [5.74, 6) is -0.174. The van der Waals surface area contributed by atoms with Crippen molar-refractivity contribution >= 4 is 35.2 Å². The van der Waals surface area contributed by atoms with Crippen LogP contribution >= 0.6 is 11.6 Å². The number of aromatic nitrogens is 2. The number of nitrogens with zero attached hydrogens (tertiary/aromatic N) is 2. The van der Waals surface area contributed by atoms with E-state index in [4.69, 9.17) is 11.6 Å². The van der Waals surface area contributed by atoms with Crippen molar-refractivity contribution in [1.29, 1.82) is 0 Å². The van der Waals surface area contributed by atoms with Crippen LogP contribution in [0.1, 0.15) is 11.3 Å². The monoisotopic (exact) mass is 337 g/mol. The fraction of sp³-hybridized carbons (Fsp3) is 0. The maximum absolute atomic E-state index is 12.2. The normalized spacial score (nSPS) is 14.3. The fourth-order valence-corrected chi connectivity index (χ4v) is 2.89. The van der Waals surface area contributed by atoms with E-state index >= 15 is 0 Å². The minimum Gasteiger partial charge on any atom is -0.493 e. The number of aromatic hydroxyl groups is 1. The number of imidazole rings is 1. The summed E-state index contributed by atoms with van der Waals surface area (Å²) >= 11 is 5.96. The maximum Gasteiger partial charge on any atom is 0.333 e. The van der Waals surface area contributed by atoms with Gasteiger partial charge in [-0.1, -0.05) is 35.9 Å². The van der Waals surface area contributed by atoms with Gasteiger partial charge in [0.1, 0.15) is 5.69 Å². The third-order valence-electron chi connectivity index (χ3n) is 3.82. The number of para-hydroxylation sites is 1. The van der Waals surface area contributed by atoms with Crippen LogP contribution in [0.25, 0.3) is 17.3 Å². The number of allylic oxidation sites excluding steroid dienone is 1. The fourth-order valence-electron chi connectivity index (χ4n) is 2.71. The highest BCUT2D eigenvalue weighted by Crippen LogP contribution is 2.33. The largest absolute Gasteiger partial charge is 0.493 e. The second-order valence-electron chi connectivity index (χ2n) is 5.36. The van der Waals surface area contributed by atoms with Crippen LogP contribution in [0.5, 0.6) is 5.88 Å². The molecule has 0 amide bonds. The molecule has 6 heteroatoms. The van der Waals surface area contributed by atoms with Gasteiger partial charge in [0.2, 0.25) is 5.88 Å². The molecular formula is C18H12ClN3O2. The van der Waals surface area contributed by atoms with E-state index in [1.807, 2.05) is 24.3 Å². The first-order valence-electron chi connectivity index (χ1n) is 7.28. The molecule has 2 aromatic carbocycles. The average Bonchev–Trinajstić information content (AvgIpc) is 3.09. The molecule has 0 spiro atoms. The molecule has 0 aliphatic carbocycles. The Labute approximate surface area is 142 Å². The van der Waals surface area contributed by atoms with Crippen molar-refractivity contribution in [2.45, 2.75) is 0 Å². The second kappa shape index (κ2) is 5.54. The van der Waals surface area contributed by atoms with Crippen molar-refractivity contribution in [1.82, 2.24) is 9.55 Å². The van der Waals surface area contributed by atoms with Gasteiger partial charge in [-0.3, -0.25) is 4.99 Å². The number of halogens is 1. The lowest BCUT2D eigenvalue weighted by atomic mass is 10.1. The van der Waals surface area contributed by atoms with Crippen molar-refractivity contribution < 1.29 is 5.11 Å². The summed E-state index contributed by atoms with van der Waals surface area (Å²) < 4.78 is 1.18. The van der Waals surface area contributed by atoms with E-state index < -0.39 is 5.69 Å². The molecule has 0 radical (unpaired) electrons. The van der Waals surface area contributed by atoms with Gasteiger partial charge in [0.15, 0.2) is 0 Å². The molecule has 0 saturated heterocycles. The lowest BCUT2D eigenvalue weighted by Gasteiger charge is -2.03. The number of aliphatic imine (C=N–C) groups is 1. The Kier molecular flexibility index (Phi) is 3.36. The van der Waals surface area contributed by atoms with Crippen LogP contribution in [0.4, 0.5) is 5.69 Å². The van der Waals surface area contributed by atoms with E-state index in [1.165, 1.54) is 4.57 Å². The van der Waals surface area contributed by atoms with Gasteiger partial charge in [-0.25, -0.2) is 9.36 Å². The number of H-pyrrole nitrogens is 1. The highest BCUT2D eigenvalue weighted by Gasteiger charge is 2.16. The highest BCUT2D eigenvalue weighted by atomic mass is 35.5. The average molecular weight is 338 g/mol. The van der Waals surface area contributed by atoms with Crippen LogP contribution < -0.4 is 5.69 Å². The Morgan fingerprint density at radius 2 is 2.00 bits per heavy atom. The minimum atomic E-state index is -0.440. The first-order chi connectivity index (χ1) is 11.6. The molecule has 0 saturated carbocycles. The quantitative estimate of drug-likeness (QED) is 0.747. The summed E-state index contributed by atoms with van der Waals surface area (Å²) in [5.41, 5.74) is 3.00. The molecule has 118 valence electrons. The summed E-state index contributed by atoms with van der Waals surface area (Å²) in [6.45, 7) is 0. The van der Waals surface area contributed by atoms with Crippen molar-refractivity contribution in [2.24, 2.45) is 4.99 Å². The van der Waals surface area contributed by atoms with Gasteiger partial charge in [-0.05, 0) is 30.3 Å². The number of nitrogens with one attached hydrogen (secondary N) is 1. The molecule has 5 nitrogen and oxygen atoms in total. The van der Waals surface area contributed by atoms with E-state index in [0.29, 0.717) is 16.4 Å². The molecule has 0 unspecified atom stereocenters. The van der Waals surface area contributed by atoms with Crippen LogP contribution in [0.15, 0.2) is 58.3 Å². The molecule has 1 aliphatic heterocycles. The van der Waals surface area contributed by atoms with Crippen molar-refractivity contribution in [2.75, 3.05) is 0 Å². The lowest BCUT2D eigenvalue weighted by Crippen LogP contribution is -2.14. The zero-order valence-electron chi connectivity index (χ0n) is 12.4. The Balaban J connectivity index is 1.83. The van der Waals surface area contributed by atoms with Crippen molar-refractivity contribution in [3.05, 3.63) is 75.3 Å². The second-order valence-corrected chi connectivity index (χ2v) is 5.79. The van der Waals surface area contributed by atoms with Crippen LogP contribution in [0.2, 0.25) is 5.02 Å². The Hall–Kier alpha value is -3.05. The summed E-state index contributed by atoms with van der Waals surface area (Å²) in [6, 6.07) is 14.4. The van der Waals surface area contributed by atoms with Crippen molar-refractivity contribution in [3.8, 4) is 11.6 Å². The summed E-state index contributed by atoms with van der Waals surface area (Å²) in [6.07, 6.45) is 3.41. The molecule has 24 heavy (non-hydrogen) atoms. The molecule has 3 aromatic rings. The van der Waals surface area contributed by atoms with Gasteiger partial charge in [-0.15, -0.1) is 0 Å². The van der Waals surface area contributed by atoms with Crippen LogP contribution in [0.3, 0.4) is 0 Å². The third-order valence-corrected chi connectivity index (χ3v) is 4.06. The SMILES string of the molecule is O=c1[nH]c(C=C2C=Nc3ccccc32)c(O)n1-c1cccc(Cl)c1. The topological polar surface area (TPSA) is 70.4 Å². The lowest BCUT2D eigenvalue weighted by molar-refractivity contribution is 0.440. The third kappa shape index (κ3) is 2.35. The summed E-state index contributed by atoms with van der Waals surface area (Å²) in [4.78, 5) is 19.2. The van der Waals surface area contributed by atoms with E-state index in [9.17, 15) is 9.90 Å². The van der Waals surface area contributed by atoms with Crippen molar-refractivity contribution in [3.63, 3.8) is 0 Å². The van der Waals surface area contributed by atoms with Gasteiger partial charge in [0, 0.05) is 22.4 Å². The number of fused-ring (bicyclic) bond motifs is 1. The number of aromatic amines is 1. The summed E-state index contributed by atoms with van der Waals surface area (Å²) in [7, 11) is 0. The minimum absolute atomic E-state index is 0.174. The molecule has 2 N–H and O–H groups in total. The predicted molar refractivity (Wildman–Crippen MR) is 95.5 cm³/mol. The zero-order chi connectivity index (χ0) is 16.7. The molecule has 4 rings (SSSR count). The molecular weight excluding hydrogens is 326 g/mol. The first-order valence-corrected chi connectivity index (χ1v) is 7.66. The molecule has 2 heterocycles. The van der Waals surface area contributed by atoms with E-state index in [1.54, 1.807) is 36.6 Å². The van der Waals surface area contributed by atoms with Gasteiger partial charge in [0.05, 0.1) is 11.4 Å². The standard InChI is InChI=1S/C18H12ClN3O2/c19-12-4-3-5-13(9-12)22-17(23)16(21-18(22)24)8-11-10-20-15-7-2-1-6-14(11)15/h1-10,23H,(H,21,24). The molecule has 0 bridgehead atoms. The van der Waals surface area contributed by atoms with Crippen LogP contribution in [-0.2, 0) is 0 Å². The molecule has 0 fully saturated rings. The maximum atomic E-state index is 12.2. The van der Waals surface area contributed by atoms with Gasteiger partial charge in [-0.2, -0.15) is 0 Å². The molecule has 1 aliphatic rings. The zero-order valence-corrected chi connectivity index (χ0v) is 13.2. The summed E-state index contributed by atoms with van der Waals surface area (Å²) in [5, 5.41) is 10.9. The number of rotatable bonds is 2. The Bertz CT molecular complexity index is 1060. The number of hydrogen-bond donors (Lipinski definition) is 2. The first kappa shape index (κ1) is 14.5. The van der Waals surface area contributed by atoms with Gasteiger partial charge < -0.3 is 10.1 Å². The molecule has 1 aromatic heterocycles. The number of hydrogen-bond acceptors (Lipinski definition) is 3. The van der Waals surface area contributed by atoms with E-state index in [-0.39, 0.29) is 5.88 Å². The smallest absolute Gasteiger partial charge is 0.333 e. The Morgan fingerprint density at radius 3 is 2.83 bits per heavy atom. The van der Waals surface area contributed by atoms with Crippen LogP contribution in [0, 0.1) is 0 Å². The molecule has 0 atom stereocenters. The van der Waals surface area contributed by atoms with Gasteiger partial charge in [0.25, 0.3) is 0 Å². The van der Waals surface area contributed by atoms with Gasteiger partial charge >= 0.3 is 5.69 Å². The van der Waals surface area contributed by atoms with E-state index in [2.05, 4.69) is 9.98 Å². The number of benzene rings is 2. The Morgan fingerprint density at radius 1 is 1.17 bits per heavy atom. The van der Waals surface area contributed by atoms with E-state index in [0.717, 1.165) is 16.8 Å².